The highest BCUT2D eigenvalue weighted by molar-refractivity contribution is 9.10. The van der Waals surface area contributed by atoms with Gasteiger partial charge in [0.05, 0.1) is 11.1 Å². The first-order valence-corrected chi connectivity index (χ1v) is 12.1. The number of nitrogens with one attached hydrogen (secondary N) is 2. The Morgan fingerprint density at radius 2 is 2.06 bits per heavy atom. The summed E-state index contributed by atoms with van der Waals surface area (Å²) >= 11 is 9.49. The molecule has 0 bridgehead atoms. The van der Waals surface area contributed by atoms with Gasteiger partial charge >= 0.3 is 6.61 Å². The zero-order valence-electron chi connectivity index (χ0n) is 18.9. The van der Waals surface area contributed by atoms with Crippen molar-refractivity contribution in [1.29, 1.82) is 0 Å². The molecule has 2 N–H and O–H groups in total. The van der Waals surface area contributed by atoms with Gasteiger partial charge in [-0.25, -0.2) is 9.97 Å². The number of rotatable bonds is 9. The van der Waals surface area contributed by atoms with Crippen LogP contribution in [0, 0.1) is 0 Å². The average Bonchev–Trinajstić information content (AvgIpc) is 3.25. The lowest BCUT2D eigenvalue weighted by molar-refractivity contribution is -0.121. The molecule has 1 atom stereocenters. The van der Waals surface area contributed by atoms with E-state index in [1.807, 2.05) is 25.1 Å². The van der Waals surface area contributed by atoms with Gasteiger partial charge < -0.3 is 15.4 Å². The number of carbonyl (C=O) groups is 1. The summed E-state index contributed by atoms with van der Waals surface area (Å²) in [4.78, 5) is 21.8. The van der Waals surface area contributed by atoms with E-state index in [0.717, 1.165) is 17.3 Å². The predicted octanol–water partition coefficient (Wildman–Crippen LogP) is 5.68. The molecular weight excluding hydrogens is 546 g/mol. The normalized spacial score (nSPS) is 12.3. The molecule has 8 nitrogen and oxygen atoms in total. The van der Waals surface area contributed by atoms with Crippen LogP contribution in [0.4, 0.5) is 14.7 Å². The number of hydrogen-bond acceptors (Lipinski definition) is 6. The lowest BCUT2D eigenvalue weighted by Crippen LogP contribution is -2.38. The van der Waals surface area contributed by atoms with Crippen LogP contribution in [0.3, 0.4) is 0 Å². The fourth-order valence-corrected chi connectivity index (χ4v) is 4.10. The Balaban J connectivity index is 1.83. The van der Waals surface area contributed by atoms with Gasteiger partial charge in [0.25, 0.3) is 0 Å². The third-order valence-electron chi connectivity index (χ3n) is 5.22. The molecule has 184 valence electrons. The zero-order chi connectivity index (χ0) is 25.1. The maximum Gasteiger partial charge on any atom is 0.387 e. The van der Waals surface area contributed by atoms with Crippen molar-refractivity contribution >= 4 is 55.9 Å². The fraction of sp³-hybridized carbons (Fsp3) is 0.304. The number of benzene rings is 2. The summed E-state index contributed by atoms with van der Waals surface area (Å²) in [6.07, 6.45) is 1.84. The van der Waals surface area contributed by atoms with Crippen molar-refractivity contribution in [3.8, 4) is 17.1 Å². The minimum atomic E-state index is -3.05. The smallest absolute Gasteiger partial charge is 0.387 e. The van der Waals surface area contributed by atoms with Gasteiger partial charge in [-0.05, 0) is 59.6 Å². The second-order valence-corrected chi connectivity index (χ2v) is 9.06. The summed E-state index contributed by atoms with van der Waals surface area (Å²) in [5, 5.41) is 11.4. The highest BCUT2D eigenvalue weighted by atomic mass is 79.9. The highest BCUT2D eigenvalue weighted by Gasteiger charge is 2.21. The molecule has 0 saturated carbocycles. The van der Waals surface area contributed by atoms with Gasteiger partial charge in [0.15, 0.2) is 11.5 Å². The van der Waals surface area contributed by atoms with Gasteiger partial charge in [0.2, 0.25) is 11.9 Å². The Bertz CT molecular complexity index is 1380. The quantitative estimate of drug-likeness (QED) is 0.253. The molecule has 0 aliphatic rings. The van der Waals surface area contributed by atoms with Crippen molar-refractivity contribution in [2.75, 3.05) is 11.9 Å². The molecule has 2 heterocycles. The second-order valence-electron chi connectivity index (χ2n) is 7.77. The van der Waals surface area contributed by atoms with E-state index in [4.69, 9.17) is 11.6 Å². The summed E-state index contributed by atoms with van der Waals surface area (Å²) in [6, 6.07) is 9.19. The van der Waals surface area contributed by atoms with Crippen molar-refractivity contribution in [2.24, 2.45) is 0 Å². The summed E-state index contributed by atoms with van der Waals surface area (Å²) in [5.41, 5.74) is 1.25. The zero-order valence-corrected chi connectivity index (χ0v) is 21.2. The van der Waals surface area contributed by atoms with Crippen molar-refractivity contribution < 1.29 is 18.3 Å². The highest BCUT2D eigenvalue weighted by Crippen LogP contribution is 2.34. The molecule has 35 heavy (non-hydrogen) atoms. The molecule has 0 saturated heterocycles. The topological polar surface area (TPSA) is 93.4 Å². The summed E-state index contributed by atoms with van der Waals surface area (Å²) in [5.74, 6) is 0.0580. The van der Waals surface area contributed by atoms with E-state index in [-0.39, 0.29) is 34.0 Å². The molecule has 0 aliphatic carbocycles. The Morgan fingerprint density at radius 1 is 1.26 bits per heavy atom. The van der Waals surface area contributed by atoms with Crippen LogP contribution in [-0.2, 0) is 4.79 Å². The lowest BCUT2D eigenvalue weighted by Gasteiger charge is -2.16. The fourth-order valence-electron chi connectivity index (χ4n) is 3.48. The molecular formula is C23H22BrClF2N6O2. The van der Waals surface area contributed by atoms with Crippen LogP contribution in [0.1, 0.15) is 26.7 Å². The molecule has 0 unspecified atom stereocenters. The number of amides is 1. The van der Waals surface area contributed by atoms with Gasteiger partial charge in [0.1, 0.15) is 11.8 Å². The van der Waals surface area contributed by atoms with Crippen LogP contribution in [0.2, 0.25) is 5.02 Å². The Hall–Kier alpha value is -3.05. The minimum Gasteiger partial charge on any atom is -0.434 e. The van der Waals surface area contributed by atoms with Gasteiger partial charge in [-0.15, -0.1) is 5.10 Å². The van der Waals surface area contributed by atoms with Crippen LogP contribution in [0.25, 0.3) is 27.9 Å². The Morgan fingerprint density at radius 3 is 2.80 bits per heavy atom. The number of unbranched alkanes of at least 4 members (excludes halogenated alkanes) is 1. The monoisotopic (exact) mass is 566 g/mol. The number of ether oxygens (including phenoxy) is 1. The number of carbonyl (C=O) groups excluding carboxylic acids is 1. The standard InChI is InChI=1S/C23H22BrClF2N6O2/c1-3-4-10-28-21(34)12(2)29-23-30-18-15(6-5-7-16(18)24)20-31-19(32-33(20)23)14-9-8-13(25)11-17(14)35-22(26)27/h5-9,11-12,22H,3-4,10H2,1-2H3,(H,28,34)(H,29,30)/t12-/m1/s1. The molecule has 0 aliphatic heterocycles. The van der Waals surface area contributed by atoms with E-state index in [0.29, 0.717) is 23.1 Å². The minimum absolute atomic E-state index is 0.134. The maximum atomic E-state index is 13.0. The van der Waals surface area contributed by atoms with Crippen molar-refractivity contribution in [3.63, 3.8) is 0 Å². The number of hydrogen-bond donors (Lipinski definition) is 2. The van der Waals surface area contributed by atoms with Crippen LogP contribution in [0.5, 0.6) is 5.75 Å². The van der Waals surface area contributed by atoms with Crippen LogP contribution < -0.4 is 15.4 Å². The summed E-state index contributed by atoms with van der Waals surface area (Å²) in [7, 11) is 0. The van der Waals surface area contributed by atoms with E-state index >= 15 is 0 Å². The third kappa shape index (κ3) is 5.46. The van der Waals surface area contributed by atoms with Gasteiger partial charge in [-0.3, -0.25) is 4.79 Å². The first-order chi connectivity index (χ1) is 16.8. The summed E-state index contributed by atoms with van der Waals surface area (Å²) < 4.78 is 32.9. The van der Waals surface area contributed by atoms with E-state index < -0.39 is 12.7 Å². The van der Waals surface area contributed by atoms with E-state index in [1.165, 1.54) is 22.7 Å². The molecule has 1 amide bonds. The van der Waals surface area contributed by atoms with Gasteiger partial charge in [0, 0.05) is 21.4 Å². The molecule has 4 rings (SSSR count). The number of para-hydroxylation sites is 1. The number of alkyl halides is 2. The number of aromatic nitrogens is 4. The van der Waals surface area contributed by atoms with E-state index in [1.54, 1.807) is 6.92 Å². The Kier molecular flexibility index (Phi) is 7.66. The Labute approximate surface area is 213 Å². The number of fused-ring (bicyclic) bond motifs is 3. The van der Waals surface area contributed by atoms with Crippen molar-refractivity contribution in [2.45, 2.75) is 39.3 Å². The van der Waals surface area contributed by atoms with E-state index in [9.17, 15) is 13.6 Å². The maximum absolute atomic E-state index is 13.0. The van der Waals surface area contributed by atoms with Crippen molar-refractivity contribution in [3.05, 3.63) is 45.9 Å². The predicted molar refractivity (Wildman–Crippen MR) is 134 cm³/mol. The molecule has 12 heteroatoms. The third-order valence-corrected chi connectivity index (χ3v) is 6.10. The lowest BCUT2D eigenvalue weighted by atomic mass is 10.2. The second kappa shape index (κ2) is 10.7. The number of anilines is 1. The van der Waals surface area contributed by atoms with Crippen molar-refractivity contribution in [1.82, 2.24) is 24.9 Å². The van der Waals surface area contributed by atoms with Gasteiger partial charge in [-0.2, -0.15) is 13.3 Å². The number of halogens is 4. The van der Waals surface area contributed by atoms with Crippen LogP contribution in [0.15, 0.2) is 40.9 Å². The number of nitrogens with zero attached hydrogens (tertiary/aromatic N) is 4. The van der Waals surface area contributed by atoms with E-state index in [2.05, 4.69) is 46.4 Å². The first-order valence-electron chi connectivity index (χ1n) is 10.9. The first kappa shape index (κ1) is 25.1. The summed E-state index contributed by atoms with van der Waals surface area (Å²) in [6.45, 7) is 1.28. The SMILES string of the molecule is CCCCNC(=O)[C@@H](C)Nc1nc2c(Br)cccc2c2nc(-c3ccc(Cl)cc3OC(F)F)nn12. The molecule has 0 fully saturated rings. The van der Waals surface area contributed by atoms with Crippen LogP contribution >= 0.6 is 27.5 Å². The molecule has 0 radical (unpaired) electrons. The largest absolute Gasteiger partial charge is 0.434 e. The molecule has 0 spiro atoms. The molecule has 4 aromatic rings. The average molecular weight is 568 g/mol. The molecule has 2 aromatic heterocycles. The molecule has 2 aromatic carbocycles. The van der Waals surface area contributed by atoms with Crippen LogP contribution in [-0.4, -0.2) is 44.7 Å². The van der Waals surface area contributed by atoms with Gasteiger partial charge in [-0.1, -0.05) is 31.0 Å².